The SMILES string of the molecule is Cn1c(-c2cccc(Br)c2)nc2ccc(CN)cc21. The summed E-state index contributed by atoms with van der Waals surface area (Å²) in [5, 5.41) is 0. The van der Waals surface area contributed by atoms with Gasteiger partial charge in [-0.05, 0) is 29.8 Å². The highest BCUT2D eigenvalue weighted by Gasteiger charge is 2.10. The Bertz CT molecular complexity index is 746. The molecule has 0 saturated carbocycles. The van der Waals surface area contributed by atoms with Gasteiger partial charge in [-0.2, -0.15) is 0 Å². The van der Waals surface area contributed by atoms with Crippen molar-refractivity contribution in [2.75, 3.05) is 0 Å². The lowest BCUT2D eigenvalue weighted by atomic mass is 10.2. The zero-order chi connectivity index (χ0) is 13.4. The van der Waals surface area contributed by atoms with Crippen LogP contribution in [0.1, 0.15) is 5.56 Å². The number of hydrogen-bond donors (Lipinski definition) is 1. The summed E-state index contributed by atoms with van der Waals surface area (Å²) in [5.41, 5.74) is 10.0. The van der Waals surface area contributed by atoms with Gasteiger partial charge in [-0.3, -0.25) is 0 Å². The quantitative estimate of drug-likeness (QED) is 0.787. The number of nitrogens with two attached hydrogens (primary N) is 1. The van der Waals surface area contributed by atoms with E-state index in [1.807, 2.05) is 31.3 Å². The fourth-order valence-corrected chi connectivity index (χ4v) is 2.65. The van der Waals surface area contributed by atoms with Crippen molar-refractivity contribution >= 4 is 27.0 Å². The van der Waals surface area contributed by atoms with E-state index < -0.39 is 0 Å². The largest absolute Gasteiger partial charge is 0.327 e. The Labute approximate surface area is 120 Å². The summed E-state index contributed by atoms with van der Waals surface area (Å²) < 4.78 is 3.16. The van der Waals surface area contributed by atoms with Crippen LogP contribution in [-0.4, -0.2) is 9.55 Å². The average Bonchev–Trinajstić information content (AvgIpc) is 2.76. The molecule has 0 radical (unpaired) electrons. The van der Waals surface area contributed by atoms with Crippen LogP contribution in [0.3, 0.4) is 0 Å². The highest BCUT2D eigenvalue weighted by atomic mass is 79.9. The van der Waals surface area contributed by atoms with Crippen molar-refractivity contribution in [2.24, 2.45) is 12.8 Å². The van der Waals surface area contributed by atoms with Gasteiger partial charge in [-0.25, -0.2) is 4.98 Å². The molecule has 0 unspecified atom stereocenters. The number of rotatable bonds is 2. The van der Waals surface area contributed by atoms with Crippen LogP contribution in [0.2, 0.25) is 0 Å². The summed E-state index contributed by atoms with van der Waals surface area (Å²) in [6.07, 6.45) is 0. The first-order chi connectivity index (χ1) is 9.19. The lowest BCUT2D eigenvalue weighted by Gasteiger charge is -2.03. The van der Waals surface area contributed by atoms with Gasteiger partial charge in [-0.1, -0.05) is 34.1 Å². The molecule has 19 heavy (non-hydrogen) atoms. The maximum atomic E-state index is 5.69. The fraction of sp³-hybridized carbons (Fsp3) is 0.133. The zero-order valence-electron chi connectivity index (χ0n) is 10.6. The fourth-order valence-electron chi connectivity index (χ4n) is 2.25. The highest BCUT2D eigenvalue weighted by Crippen LogP contribution is 2.26. The molecule has 2 aromatic carbocycles. The third-order valence-electron chi connectivity index (χ3n) is 3.26. The number of nitrogens with zero attached hydrogens (tertiary/aromatic N) is 2. The van der Waals surface area contributed by atoms with Crippen LogP contribution < -0.4 is 5.73 Å². The van der Waals surface area contributed by atoms with Crippen LogP contribution in [0.25, 0.3) is 22.4 Å². The molecule has 0 spiro atoms. The topological polar surface area (TPSA) is 43.8 Å². The van der Waals surface area contributed by atoms with Crippen LogP contribution in [0.5, 0.6) is 0 Å². The first-order valence-electron chi connectivity index (χ1n) is 6.10. The molecule has 4 heteroatoms. The van der Waals surface area contributed by atoms with Crippen LogP contribution in [0.15, 0.2) is 46.9 Å². The molecule has 3 rings (SSSR count). The molecule has 0 atom stereocenters. The van der Waals surface area contributed by atoms with Gasteiger partial charge in [0, 0.05) is 23.6 Å². The molecule has 2 N–H and O–H groups in total. The Hall–Kier alpha value is -1.65. The molecule has 1 aromatic heterocycles. The Morgan fingerprint density at radius 3 is 2.79 bits per heavy atom. The van der Waals surface area contributed by atoms with Gasteiger partial charge in [0.1, 0.15) is 5.82 Å². The summed E-state index contributed by atoms with van der Waals surface area (Å²) in [6, 6.07) is 14.3. The monoisotopic (exact) mass is 315 g/mol. The number of aromatic nitrogens is 2. The molecule has 0 aliphatic carbocycles. The van der Waals surface area contributed by atoms with E-state index in [1.165, 1.54) is 0 Å². The average molecular weight is 316 g/mol. The van der Waals surface area contributed by atoms with Gasteiger partial charge in [0.15, 0.2) is 0 Å². The Balaban J connectivity index is 2.22. The van der Waals surface area contributed by atoms with Crippen LogP contribution in [-0.2, 0) is 13.6 Å². The second kappa shape index (κ2) is 4.79. The minimum absolute atomic E-state index is 0.549. The summed E-state index contributed by atoms with van der Waals surface area (Å²) in [6.45, 7) is 0.549. The molecule has 3 nitrogen and oxygen atoms in total. The van der Waals surface area contributed by atoms with E-state index in [4.69, 9.17) is 10.7 Å². The number of fused-ring (bicyclic) bond motifs is 1. The van der Waals surface area contributed by atoms with Gasteiger partial charge < -0.3 is 10.3 Å². The van der Waals surface area contributed by atoms with Crippen molar-refractivity contribution in [3.05, 3.63) is 52.5 Å². The molecule has 3 aromatic rings. The Morgan fingerprint density at radius 2 is 2.05 bits per heavy atom. The van der Waals surface area contributed by atoms with E-state index in [1.54, 1.807) is 0 Å². The van der Waals surface area contributed by atoms with E-state index in [0.717, 1.165) is 32.5 Å². The molecule has 0 aliphatic rings. The second-order valence-corrected chi connectivity index (χ2v) is 5.45. The zero-order valence-corrected chi connectivity index (χ0v) is 12.2. The van der Waals surface area contributed by atoms with Gasteiger partial charge in [-0.15, -0.1) is 0 Å². The van der Waals surface area contributed by atoms with Crippen molar-refractivity contribution in [3.63, 3.8) is 0 Å². The van der Waals surface area contributed by atoms with Crippen molar-refractivity contribution in [3.8, 4) is 11.4 Å². The van der Waals surface area contributed by atoms with E-state index >= 15 is 0 Å². The normalized spacial score (nSPS) is 11.1. The number of halogens is 1. The minimum Gasteiger partial charge on any atom is -0.327 e. The molecule has 0 bridgehead atoms. The van der Waals surface area contributed by atoms with Crippen LogP contribution in [0, 0.1) is 0 Å². The maximum Gasteiger partial charge on any atom is 0.140 e. The van der Waals surface area contributed by atoms with Gasteiger partial charge in [0.2, 0.25) is 0 Å². The Kier molecular flexibility index (Phi) is 3.12. The molecule has 0 fully saturated rings. The van der Waals surface area contributed by atoms with Crippen molar-refractivity contribution in [1.82, 2.24) is 9.55 Å². The number of aryl methyl sites for hydroxylation is 1. The lowest BCUT2D eigenvalue weighted by molar-refractivity contribution is 0.956. The van der Waals surface area contributed by atoms with Gasteiger partial charge in [0.25, 0.3) is 0 Å². The molecule has 0 amide bonds. The maximum absolute atomic E-state index is 5.69. The van der Waals surface area contributed by atoms with Crippen molar-refractivity contribution < 1.29 is 0 Å². The second-order valence-electron chi connectivity index (χ2n) is 4.53. The Morgan fingerprint density at radius 1 is 1.21 bits per heavy atom. The van der Waals surface area contributed by atoms with Crippen LogP contribution >= 0.6 is 15.9 Å². The molecule has 1 heterocycles. The minimum atomic E-state index is 0.549. The third-order valence-corrected chi connectivity index (χ3v) is 3.76. The highest BCUT2D eigenvalue weighted by molar-refractivity contribution is 9.10. The van der Waals surface area contributed by atoms with E-state index in [-0.39, 0.29) is 0 Å². The standard InChI is InChI=1S/C15H14BrN3/c1-19-14-7-10(9-17)5-6-13(14)18-15(19)11-3-2-4-12(16)8-11/h2-8H,9,17H2,1H3. The molecule has 0 saturated heterocycles. The van der Waals surface area contributed by atoms with Crippen LogP contribution in [0.4, 0.5) is 0 Å². The summed E-state index contributed by atoms with van der Waals surface area (Å²) in [7, 11) is 2.03. The molecule has 0 aliphatic heterocycles. The summed E-state index contributed by atoms with van der Waals surface area (Å²) >= 11 is 3.50. The van der Waals surface area contributed by atoms with E-state index in [0.29, 0.717) is 6.54 Å². The molecular weight excluding hydrogens is 302 g/mol. The summed E-state index contributed by atoms with van der Waals surface area (Å²) in [5.74, 6) is 0.963. The van der Waals surface area contributed by atoms with Crippen molar-refractivity contribution in [1.29, 1.82) is 0 Å². The number of hydrogen-bond acceptors (Lipinski definition) is 2. The molecule has 96 valence electrons. The summed E-state index contributed by atoms with van der Waals surface area (Å²) in [4.78, 5) is 4.70. The smallest absolute Gasteiger partial charge is 0.140 e. The first-order valence-corrected chi connectivity index (χ1v) is 6.89. The van der Waals surface area contributed by atoms with Gasteiger partial charge in [0.05, 0.1) is 11.0 Å². The van der Waals surface area contributed by atoms with Gasteiger partial charge >= 0.3 is 0 Å². The lowest BCUT2D eigenvalue weighted by Crippen LogP contribution is -1.97. The van der Waals surface area contributed by atoms with E-state index in [9.17, 15) is 0 Å². The number of imidazole rings is 1. The number of benzene rings is 2. The first kappa shape index (κ1) is 12.4. The van der Waals surface area contributed by atoms with E-state index in [2.05, 4.69) is 38.7 Å². The predicted molar refractivity (Wildman–Crippen MR) is 81.7 cm³/mol. The van der Waals surface area contributed by atoms with Crippen molar-refractivity contribution in [2.45, 2.75) is 6.54 Å². The predicted octanol–water partition coefficient (Wildman–Crippen LogP) is 3.46. The third kappa shape index (κ3) is 2.17. The molecular formula is C15H14BrN3.